The molecule has 0 fully saturated rings. The molecule has 0 radical (unpaired) electrons. The minimum absolute atomic E-state index is 0.0166. The summed E-state index contributed by atoms with van der Waals surface area (Å²) in [6, 6.07) is 28.6. The molecule has 3 aromatic carbocycles. The highest BCUT2D eigenvalue weighted by atomic mass is 28.4. The topological polar surface area (TPSA) is 64.6 Å². The van der Waals surface area contributed by atoms with Gasteiger partial charge in [-0.05, 0) is 47.3 Å². The minimum atomic E-state index is -1.97. The first-order valence-corrected chi connectivity index (χ1v) is 16.9. The van der Waals surface area contributed by atoms with Crippen molar-refractivity contribution in [1.82, 2.24) is 5.32 Å². The zero-order valence-corrected chi connectivity index (χ0v) is 25.4. The third-order valence-electron chi connectivity index (χ3n) is 7.47. The highest BCUT2D eigenvalue weighted by Crippen LogP contribution is 2.37. The summed E-state index contributed by atoms with van der Waals surface area (Å²) in [4.78, 5) is 26.2. The van der Waals surface area contributed by atoms with Crippen LogP contribution in [0, 0.1) is 5.92 Å². The standard InChI is InChI=1S/C34H43NO4Si/c1-34(2,3)40(4,5)39-26-30(23-27-15-9-6-10-16-27)21-22-32(36)31(24-28-17-11-7-12-18-28)35-33(37)38-25-29-19-13-8-14-20-29/h6-22,30-31H,23-26H2,1-5H3,(H,35,37)/b22-21+/t30?,31-/m0/s1. The van der Waals surface area contributed by atoms with Crippen molar-refractivity contribution in [2.24, 2.45) is 5.92 Å². The fourth-order valence-electron chi connectivity index (χ4n) is 3.96. The second-order valence-corrected chi connectivity index (χ2v) is 16.5. The average Bonchev–Trinajstić information content (AvgIpc) is 2.94. The molecule has 0 spiro atoms. The molecule has 3 aromatic rings. The van der Waals surface area contributed by atoms with E-state index in [1.54, 1.807) is 6.08 Å². The van der Waals surface area contributed by atoms with E-state index < -0.39 is 20.5 Å². The number of amides is 1. The molecule has 40 heavy (non-hydrogen) atoms. The molecule has 2 atom stereocenters. The number of nitrogens with one attached hydrogen (secondary N) is 1. The van der Waals surface area contributed by atoms with Crippen LogP contribution in [0.25, 0.3) is 0 Å². The highest BCUT2D eigenvalue weighted by molar-refractivity contribution is 6.74. The normalized spacial score (nSPS) is 13.5. The van der Waals surface area contributed by atoms with E-state index in [2.05, 4.69) is 51.3 Å². The van der Waals surface area contributed by atoms with Gasteiger partial charge in [0.2, 0.25) is 0 Å². The maximum Gasteiger partial charge on any atom is 0.408 e. The monoisotopic (exact) mass is 557 g/mol. The van der Waals surface area contributed by atoms with Crippen molar-refractivity contribution >= 4 is 20.2 Å². The summed E-state index contributed by atoms with van der Waals surface area (Å²) in [6.45, 7) is 11.8. The van der Waals surface area contributed by atoms with Gasteiger partial charge in [0, 0.05) is 18.9 Å². The zero-order valence-electron chi connectivity index (χ0n) is 24.4. The van der Waals surface area contributed by atoms with Gasteiger partial charge in [0.15, 0.2) is 14.1 Å². The lowest BCUT2D eigenvalue weighted by molar-refractivity contribution is -0.116. The van der Waals surface area contributed by atoms with E-state index in [-0.39, 0.29) is 23.3 Å². The second-order valence-electron chi connectivity index (χ2n) is 11.7. The van der Waals surface area contributed by atoms with Crippen molar-refractivity contribution in [2.75, 3.05) is 6.61 Å². The number of benzene rings is 3. The molecule has 0 aliphatic heterocycles. The van der Waals surface area contributed by atoms with Gasteiger partial charge in [0.25, 0.3) is 0 Å². The Balaban J connectivity index is 1.74. The van der Waals surface area contributed by atoms with Crippen LogP contribution in [0.15, 0.2) is 103 Å². The first kappa shape index (κ1) is 31.0. The van der Waals surface area contributed by atoms with Crippen LogP contribution in [-0.2, 0) is 33.4 Å². The lowest BCUT2D eigenvalue weighted by atomic mass is 9.97. The average molecular weight is 558 g/mol. The van der Waals surface area contributed by atoms with Crippen LogP contribution in [0.4, 0.5) is 4.79 Å². The molecule has 212 valence electrons. The lowest BCUT2D eigenvalue weighted by Gasteiger charge is -2.37. The lowest BCUT2D eigenvalue weighted by Crippen LogP contribution is -2.42. The van der Waals surface area contributed by atoms with Crippen molar-refractivity contribution < 1.29 is 18.8 Å². The van der Waals surface area contributed by atoms with Crippen molar-refractivity contribution in [3.63, 3.8) is 0 Å². The predicted molar refractivity (Wildman–Crippen MR) is 165 cm³/mol. The molecule has 3 rings (SSSR count). The van der Waals surface area contributed by atoms with Crippen LogP contribution in [0.3, 0.4) is 0 Å². The van der Waals surface area contributed by atoms with Crippen LogP contribution in [0.5, 0.6) is 0 Å². The summed E-state index contributed by atoms with van der Waals surface area (Å²) in [5.41, 5.74) is 3.03. The van der Waals surface area contributed by atoms with E-state index in [9.17, 15) is 9.59 Å². The van der Waals surface area contributed by atoms with Gasteiger partial charge in [-0.2, -0.15) is 0 Å². The summed E-state index contributed by atoms with van der Waals surface area (Å²) < 4.78 is 12.0. The number of hydrogen-bond donors (Lipinski definition) is 1. The van der Waals surface area contributed by atoms with Gasteiger partial charge >= 0.3 is 6.09 Å². The Labute approximate surface area is 240 Å². The van der Waals surface area contributed by atoms with Gasteiger partial charge < -0.3 is 14.5 Å². The van der Waals surface area contributed by atoms with Crippen LogP contribution >= 0.6 is 0 Å². The van der Waals surface area contributed by atoms with Crippen LogP contribution in [-0.4, -0.2) is 32.8 Å². The zero-order chi connectivity index (χ0) is 29.0. The number of ether oxygens (including phenoxy) is 1. The molecule has 5 nitrogen and oxygen atoms in total. The smallest absolute Gasteiger partial charge is 0.408 e. The fraction of sp³-hybridized carbons (Fsp3) is 0.353. The Morgan fingerprint density at radius 2 is 1.30 bits per heavy atom. The molecule has 1 unspecified atom stereocenters. The summed E-state index contributed by atoms with van der Waals surface area (Å²) in [7, 11) is -1.97. The Hall–Kier alpha value is -3.48. The number of rotatable bonds is 13. The quantitative estimate of drug-likeness (QED) is 0.174. The fourth-order valence-corrected chi connectivity index (χ4v) is 5.02. The molecule has 6 heteroatoms. The Kier molecular flexibility index (Phi) is 11.5. The SMILES string of the molecule is CC(C)(C)[Si](C)(C)OCC(/C=C/C(=O)[C@H](Cc1ccccc1)NC(=O)OCc1ccccc1)Cc1ccccc1. The molecule has 0 aliphatic carbocycles. The van der Waals surface area contributed by atoms with Crippen molar-refractivity contribution in [2.45, 2.75) is 64.4 Å². The number of carbonyl (C=O) groups is 2. The molecule has 1 amide bonds. The number of ketones is 1. The third kappa shape index (κ3) is 10.2. The summed E-state index contributed by atoms with van der Waals surface area (Å²) in [5.74, 6) is -0.159. The van der Waals surface area contributed by atoms with E-state index in [1.165, 1.54) is 5.56 Å². The molecular formula is C34H43NO4Si. The Morgan fingerprint density at radius 1 is 0.800 bits per heavy atom. The minimum Gasteiger partial charge on any atom is -0.445 e. The molecule has 0 saturated heterocycles. The van der Waals surface area contributed by atoms with Gasteiger partial charge in [-0.3, -0.25) is 4.79 Å². The molecule has 0 aromatic heterocycles. The predicted octanol–water partition coefficient (Wildman–Crippen LogP) is 7.53. The van der Waals surface area contributed by atoms with Crippen LogP contribution in [0.1, 0.15) is 37.5 Å². The molecule has 0 aliphatic rings. The first-order chi connectivity index (χ1) is 19.0. The Morgan fingerprint density at radius 3 is 1.82 bits per heavy atom. The van der Waals surface area contributed by atoms with Crippen molar-refractivity contribution in [3.8, 4) is 0 Å². The molecule has 1 N–H and O–H groups in total. The van der Waals surface area contributed by atoms with Gasteiger partial charge in [-0.25, -0.2) is 4.79 Å². The number of hydrogen-bond acceptors (Lipinski definition) is 4. The van der Waals surface area contributed by atoms with Gasteiger partial charge in [0.05, 0.1) is 6.04 Å². The van der Waals surface area contributed by atoms with Gasteiger partial charge in [-0.1, -0.05) is 118 Å². The highest BCUT2D eigenvalue weighted by Gasteiger charge is 2.37. The molecule has 0 saturated carbocycles. The molecule has 0 heterocycles. The Bertz CT molecular complexity index is 1220. The van der Waals surface area contributed by atoms with E-state index in [4.69, 9.17) is 9.16 Å². The first-order valence-electron chi connectivity index (χ1n) is 13.9. The number of carbonyl (C=O) groups excluding carboxylic acids is 2. The maximum absolute atomic E-state index is 13.5. The second kappa shape index (κ2) is 14.8. The van der Waals surface area contributed by atoms with Gasteiger partial charge in [0.1, 0.15) is 6.61 Å². The van der Waals surface area contributed by atoms with Crippen LogP contribution in [0.2, 0.25) is 18.1 Å². The van der Waals surface area contributed by atoms with E-state index in [0.717, 1.165) is 17.5 Å². The van der Waals surface area contributed by atoms with Crippen molar-refractivity contribution in [1.29, 1.82) is 0 Å². The van der Waals surface area contributed by atoms with Crippen LogP contribution < -0.4 is 5.32 Å². The summed E-state index contributed by atoms with van der Waals surface area (Å²) in [5, 5.41) is 2.89. The number of alkyl carbamates (subject to hydrolysis) is 1. The van der Waals surface area contributed by atoms with E-state index in [1.807, 2.05) is 84.9 Å². The van der Waals surface area contributed by atoms with Crippen molar-refractivity contribution in [3.05, 3.63) is 120 Å². The van der Waals surface area contributed by atoms with E-state index >= 15 is 0 Å². The van der Waals surface area contributed by atoms with E-state index in [0.29, 0.717) is 13.0 Å². The molecule has 0 bridgehead atoms. The summed E-state index contributed by atoms with van der Waals surface area (Å²) in [6.07, 6.45) is 4.06. The largest absolute Gasteiger partial charge is 0.445 e. The maximum atomic E-state index is 13.5. The summed E-state index contributed by atoms with van der Waals surface area (Å²) >= 11 is 0. The molecular weight excluding hydrogens is 514 g/mol. The third-order valence-corrected chi connectivity index (χ3v) is 12.0. The van der Waals surface area contributed by atoms with Gasteiger partial charge in [-0.15, -0.1) is 0 Å².